The van der Waals surface area contributed by atoms with Crippen LogP contribution >= 0.6 is 23.1 Å². The molecule has 0 atom stereocenters. The summed E-state index contributed by atoms with van der Waals surface area (Å²) in [4.78, 5) is 25.2. The zero-order valence-corrected chi connectivity index (χ0v) is 17.3. The van der Waals surface area contributed by atoms with Crippen LogP contribution in [-0.2, 0) is 4.79 Å². The van der Waals surface area contributed by atoms with Gasteiger partial charge in [-0.05, 0) is 38.8 Å². The quantitative estimate of drug-likeness (QED) is 0.494. The van der Waals surface area contributed by atoms with Gasteiger partial charge in [-0.25, -0.2) is 15.0 Å². The van der Waals surface area contributed by atoms with E-state index < -0.39 is 0 Å². The van der Waals surface area contributed by atoms with Crippen LogP contribution in [0.25, 0.3) is 11.3 Å². The molecule has 0 aliphatic heterocycles. The molecule has 140 valence electrons. The van der Waals surface area contributed by atoms with Gasteiger partial charge in [0.05, 0.1) is 11.4 Å². The smallest absolute Gasteiger partial charge is 0.236 e. The Hall–Kier alpha value is -2.45. The molecule has 3 N–H and O–H groups in total. The van der Waals surface area contributed by atoms with Gasteiger partial charge in [0.1, 0.15) is 5.82 Å². The Balaban J connectivity index is 1.66. The summed E-state index contributed by atoms with van der Waals surface area (Å²) in [7, 11) is 0. The molecule has 3 aromatic rings. The third kappa shape index (κ3) is 4.84. The molecular weight excluding hydrogens is 378 g/mol. The minimum Gasteiger partial charge on any atom is -0.384 e. The highest BCUT2D eigenvalue weighted by Crippen LogP contribution is 2.31. The first-order valence-electron chi connectivity index (χ1n) is 8.39. The molecule has 0 spiro atoms. The van der Waals surface area contributed by atoms with E-state index in [1.54, 1.807) is 6.07 Å². The molecule has 0 saturated heterocycles. The number of nitrogens with two attached hydrogens (primary N) is 1. The van der Waals surface area contributed by atoms with Gasteiger partial charge in [0.25, 0.3) is 0 Å². The zero-order chi connectivity index (χ0) is 19.6. The number of hydrogen-bond acceptors (Lipinski definition) is 7. The Morgan fingerprint density at radius 2 is 1.81 bits per heavy atom. The molecule has 0 aliphatic rings. The lowest BCUT2D eigenvalue weighted by atomic mass is 9.98. The predicted molar refractivity (Wildman–Crippen MR) is 112 cm³/mol. The van der Waals surface area contributed by atoms with E-state index in [0.717, 1.165) is 17.0 Å². The van der Waals surface area contributed by atoms with Gasteiger partial charge >= 0.3 is 0 Å². The molecule has 2 aromatic heterocycles. The summed E-state index contributed by atoms with van der Waals surface area (Å²) in [6.07, 6.45) is 0. The third-order valence-corrected chi connectivity index (χ3v) is 5.47. The summed E-state index contributed by atoms with van der Waals surface area (Å²) < 4.78 is 0. The van der Waals surface area contributed by atoms with Crippen LogP contribution in [0.5, 0.6) is 0 Å². The highest BCUT2D eigenvalue weighted by Gasteiger charge is 2.13. The number of thiazole rings is 1. The molecule has 0 radical (unpaired) electrons. The summed E-state index contributed by atoms with van der Waals surface area (Å²) in [5.74, 6) is 0.446. The molecular formula is C19H21N5OS2. The molecule has 1 aromatic carbocycles. The number of benzene rings is 1. The Labute approximate surface area is 166 Å². The van der Waals surface area contributed by atoms with Crippen molar-refractivity contribution in [1.29, 1.82) is 0 Å². The van der Waals surface area contributed by atoms with E-state index in [0.29, 0.717) is 16.1 Å². The van der Waals surface area contributed by atoms with Crippen LogP contribution in [0.2, 0.25) is 0 Å². The second kappa shape index (κ2) is 8.06. The van der Waals surface area contributed by atoms with Crippen molar-refractivity contribution in [3.8, 4) is 11.3 Å². The SMILES string of the molecule is Cc1cc(C)c(-c2csc(NC(=O)CSc3nc(C)cc(N)n3)n2)c(C)c1. The normalized spacial score (nSPS) is 10.8. The summed E-state index contributed by atoms with van der Waals surface area (Å²) in [6.45, 7) is 8.09. The van der Waals surface area contributed by atoms with Crippen molar-refractivity contribution in [2.75, 3.05) is 16.8 Å². The number of hydrogen-bond donors (Lipinski definition) is 2. The third-order valence-electron chi connectivity index (χ3n) is 3.87. The van der Waals surface area contributed by atoms with Gasteiger partial charge in [0.15, 0.2) is 10.3 Å². The zero-order valence-electron chi connectivity index (χ0n) is 15.7. The molecule has 8 heteroatoms. The molecule has 0 fully saturated rings. The van der Waals surface area contributed by atoms with Crippen molar-refractivity contribution < 1.29 is 4.79 Å². The maximum atomic E-state index is 12.2. The first-order valence-corrected chi connectivity index (χ1v) is 10.3. The van der Waals surface area contributed by atoms with Crippen molar-refractivity contribution >= 4 is 40.0 Å². The van der Waals surface area contributed by atoms with Crippen molar-refractivity contribution in [3.05, 3.63) is 46.0 Å². The van der Waals surface area contributed by atoms with E-state index in [9.17, 15) is 4.79 Å². The highest BCUT2D eigenvalue weighted by atomic mass is 32.2. The molecule has 2 heterocycles. The van der Waals surface area contributed by atoms with Gasteiger partial charge in [-0.2, -0.15) is 0 Å². The van der Waals surface area contributed by atoms with Crippen molar-refractivity contribution in [1.82, 2.24) is 15.0 Å². The van der Waals surface area contributed by atoms with E-state index in [2.05, 4.69) is 53.2 Å². The van der Waals surface area contributed by atoms with Gasteiger partial charge in [0, 0.05) is 22.7 Å². The van der Waals surface area contributed by atoms with Gasteiger partial charge < -0.3 is 11.1 Å². The molecule has 0 bridgehead atoms. The monoisotopic (exact) mass is 399 g/mol. The Bertz CT molecular complexity index is 956. The first-order chi connectivity index (χ1) is 12.8. The van der Waals surface area contributed by atoms with Crippen molar-refractivity contribution in [3.63, 3.8) is 0 Å². The summed E-state index contributed by atoms with van der Waals surface area (Å²) in [5.41, 5.74) is 12.1. The predicted octanol–water partition coefficient (Wildman–Crippen LogP) is 4.15. The number of nitrogens with one attached hydrogen (secondary N) is 1. The maximum absolute atomic E-state index is 12.2. The van der Waals surface area contributed by atoms with Crippen LogP contribution in [0, 0.1) is 27.7 Å². The van der Waals surface area contributed by atoms with Crippen molar-refractivity contribution in [2.24, 2.45) is 0 Å². The van der Waals surface area contributed by atoms with Crippen molar-refractivity contribution in [2.45, 2.75) is 32.9 Å². The first kappa shape index (κ1) is 19.3. The number of rotatable bonds is 5. The van der Waals surface area contributed by atoms with Crippen LogP contribution in [-0.4, -0.2) is 26.6 Å². The molecule has 0 unspecified atom stereocenters. The lowest BCUT2D eigenvalue weighted by molar-refractivity contribution is -0.113. The van der Waals surface area contributed by atoms with E-state index >= 15 is 0 Å². The number of aromatic nitrogens is 3. The largest absolute Gasteiger partial charge is 0.384 e. The molecule has 3 rings (SSSR count). The number of carbonyl (C=O) groups excluding carboxylic acids is 1. The fraction of sp³-hybridized carbons (Fsp3) is 0.263. The Morgan fingerprint density at radius 1 is 1.11 bits per heavy atom. The second-order valence-electron chi connectivity index (χ2n) is 6.37. The number of carbonyl (C=O) groups is 1. The van der Waals surface area contributed by atoms with Gasteiger partial charge in [-0.3, -0.25) is 4.79 Å². The fourth-order valence-electron chi connectivity index (χ4n) is 2.94. The van der Waals surface area contributed by atoms with E-state index in [-0.39, 0.29) is 11.7 Å². The minimum absolute atomic E-state index is 0.151. The van der Waals surface area contributed by atoms with Crippen LogP contribution in [0.4, 0.5) is 10.9 Å². The fourth-order valence-corrected chi connectivity index (χ4v) is 4.37. The summed E-state index contributed by atoms with van der Waals surface area (Å²) in [5, 5.41) is 5.89. The minimum atomic E-state index is -0.151. The number of amides is 1. The number of aryl methyl sites for hydroxylation is 4. The summed E-state index contributed by atoms with van der Waals surface area (Å²) >= 11 is 2.67. The van der Waals surface area contributed by atoms with Gasteiger partial charge in [0.2, 0.25) is 5.91 Å². The number of nitrogens with zero attached hydrogens (tertiary/aromatic N) is 3. The maximum Gasteiger partial charge on any atom is 0.236 e. The summed E-state index contributed by atoms with van der Waals surface area (Å²) in [6, 6.07) is 5.98. The number of nitrogen functional groups attached to an aromatic ring is 1. The number of anilines is 2. The number of thioether (sulfide) groups is 1. The average Bonchev–Trinajstić information content (AvgIpc) is 2.99. The van der Waals surface area contributed by atoms with Crippen LogP contribution < -0.4 is 11.1 Å². The van der Waals surface area contributed by atoms with E-state index in [4.69, 9.17) is 5.73 Å². The molecule has 1 amide bonds. The van der Waals surface area contributed by atoms with Crippen LogP contribution in [0.3, 0.4) is 0 Å². The van der Waals surface area contributed by atoms with Crippen LogP contribution in [0.1, 0.15) is 22.4 Å². The lowest BCUT2D eigenvalue weighted by Gasteiger charge is -2.08. The Morgan fingerprint density at radius 3 is 2.48 bits per heavy atom. The molecule has 0 saturated carbocycles. The Kier molecular flexibility index (Phi) is 5.76. The van der Waals surface area contributed by atoms with E-state index in [1.807, 2.05) is 12.3 Å². The lowest BCUT2D eigenvalue weighted by Crippen LogP contribution is -2.14. The standard InChI is InChI=1S/C19H21N5OS2/c1-10-5-11(2)17(12(3)6-10)14-8-26-19(22-14)24-16(25)9-27-18-21-13(4)7-15(20)23-18/h5-8H,9H2,1-4H3,(H2,20,21,23)(H,22,24,25). The van der Waals surface area contributed by atoms with Gasteiger partial charge in [-0.15, -0.1) is 11.3 Å². The van der Waals surface area contributed by atoms with Crippen LogP contribution in [0.15, 0.2) is 28.7 Å². The molecule has 27 heavy (non-hydrogen) atoms. The van der Waals surface area contributed by atoms with Gasteiger partial charge in [-0.1, -0.05) is 29.5 Å². The molecule has 0 aliphatic carbocycles. The molecule has 6 nitrogen and oxygen atoms in total. The van der Waals surface area contributed by atoms with E-state index in [1.165, 1.54) is 39.8 Å². The topological polar surface area (TPSA) is 93.8 Å². The average molecular weight is 400 g/mol. The second-order valence-corrected chi connectivity index (χ2v) is 8.17. The highest BCUT2D eigenvalue weighted by molar-refractivity contribution is 7.99.